The van der Waals surface area contributed by atoms with Gasteiger partial charge in [0.05, 0.1) is 0 Å². The van der Waals surface area contributed by atoms with Crippen LogP contribution in [0, 0.1) is 11.8 Å². The van der Waals surface area contributed by atoms with Crippen molar-refractivity contribution in [2.75, 3.05) is 0 Å². The first-order valence-electron chi connectivity index (χ1n) is 6.65. The molecule has 17 heavy (non-hydrogen) atoms. The molecular weight excluding hydrogens is 228 g/mol. The SMILES string of the molecule is CC(O)C#CCCCCCC(C)O[Si](C)(C)C. The molecule has 1 N–H and O–H groups in total. The second-order valence-electron chi connectivity index (χ2n) is 5.64. The summed E-state index contributed by atoms with van der Waals surface area (Å²) in [5.74, 6) is 5.75. The third kappa shape index (κ3) is 13.6. The van der Waals surface area contributed by atoms with Crippen LogP contribution in [0.2, 0.25) is 19.6 Å². The average Bonchev–Trinajstić information content (AvgIpc) is 2.12. The first kappa shape index (κ1) is 16.7. The summed E-state index contributed by atoms with van der Waals surface area (Å²) in [6.45, 7) is 10.6. The van der Waals surface area contributed by atoms with Crippen molar-refractivity contribution < 1.29 is 9.53 Å². The molecule has 0 radical (unpaired) electrons. The van der Waals surface area contributed by atoms with Crippen LogP contribution in [-0.2, 0) is 4.43 Å². The lowest BCUT2D eigenvalue weighted by Gasteiger charge is -2.23. The first-order valence-corrected chi connectivity index (χ1v) is 10.1. The van der Waals surface area contributed by atoms with E-state index in [1.807, 2.05) is 0 Å². The Morgan fingerprint density at radius 3 is 2.29 bits per heavy atom. The molecule has 0 aromatic heterocycles. The molecule has 3 heteroatoms. The largest absolute Gasteiger partial charge is 0.415 e. The number of aliphatic hydroxyl groups excluding tert-OH is 1. The van der Waals surface area contributed by atoms with Gasteiger partial charge in [-0.3, -0.25) is 0 Å². The summed E-state index contributed by atoms with van der Waals surface area (Å²) in [6, 6.07) is 0. The minimum atomic E-state index is -1.36. The fraction of sp³-hybridized carbons (Fsp3) is 0.857. The molecule has 0 aliphatic carbocycles. The van der Waals surface area contributed by atoms with Crippen LogP contribution in [0.5, 0.6) is 0 Å². The summed E-state index contributed by atoms with van der Waals surface area (Å²) in [4.78, 5) is 0. The molecule has 0 fully saturated rings. The van der Waals surface area contributed by atoms with Crippen molar-refractivity contribution in [2.24, 2.45) is 0 Å². The Balaban J connectivity index is 3.44. The summed E-state index contributed by atoms with van der Waals surface area (Å²) in [5.41, 5.74) is 0. The van der Waals surface area contributed by atoms with E-state index in [0.29, 0.717) is 6.10 Å². The molecule has 2 unspecified atom stereocenters. The van der Waals surface area contributed by atoms with Gasteiger partial charge in [-0.05, 0) is 46.3 Å². The maximum absolute atomic E-state index is 8.95. The molecular formula is C14H28O2Si. The third-order valence-electron chi connectivity index (χ3n) is 2.28. The quantitative estimate of drug-likeness (QED) is 0.429. The molecule has 0 rings (SSSR count). The number of rotatable bonds is 7. The van der Waals surface area contributed by atoms with Gasteiger partial charge in [-0.25, -0.2) is 0 Å². The molecule has 0 saturated heterocycles. The molecule has 0 aliphatic heterocycles. The van der Waals surface area contributed by atoms with E-state index in [1.165, 1.54) is 12.8 Å². The van der Waals surface area contributed by atoms with Crippen LogP contribution in [0.3, 0.4) is 0 Å². The predicted molar refractivity (Wildman–Crippen MR) is 76.4 cm³/mol. The highest BCUT2D eigenvalue weighted by Crippen LogP contribution is 2.13. The molecule has 0 saturated carbocycles. The molecule has 100 valence electrons. The Morgan fingerprint density at radius 2 is 1.76 bits per heavy atom. The van der Waals surface area contributed by atoms with Crippen LogP contribution in [0.15, 0.2) is 0 Å². The smallest absolute Gasteiger partial charge is 0.184 e. The Bertz CT molecular complexity index is 245. The lowest BCUT2D eigenvalue weighted by Crippen LogP contribution is -2.30. The van der Waals surface area contributed by atoms with Crippen molar-refractivity contribution in [1.29, 1.82) is 0 Å². The molecule has 0 aromatic rings. The van der Waals surface area contributed by atoms with E-state index >= 15 is 0 Å². The van der Waals surface area contributed by atoms with Crippen molar-refractivity contribution in [3.05, 3.63) is 0 Å². The molecule has 0 spiro atoms. The first-order chi connectivity index (χ1) is 7.81. The summed E-state index contributed by atoms with van der Waals surface area (Å²) in [5, 5.41) is 8.95. The third-order valence-corrected chi connectivity index (χ3v) is 3.39. The Hall–Kier alpha value is -0.303. The molecule has 2 atom stereocenters. The van der Waals surface area contributed by atoms with E-state index in [2.05, 4.69) is 38.4 Å². The van der Waals surface area contributed by atoms with Gasteiger partial charge in [0.25, 0.3) is 0 Å². The second kappa shape index (κ2) is 8.74. The topological polar surface area (TPSA) is 29.5 Å². The molecule has 0 aliphatic rings. The van der Waals surface area contributed by atoms with Crippen molar-refractivity contribution in [2.45, 2.75) is 77.8 Å². The van der Waals surface area contributed by atoms with Crippen LogP contribution in [0.25, 0.3) is 0 Å². The van der Waals surface area contributed by atoms with Crippen LogP contribution in [0.4, 0.5) is 0 Å². The van der Waals surface area contributed by atoms with Crippen molar-refractivity contribution in [3.8, 4) is 11.8 Å². The van der Waals surface area contributed by atoms with Gasteiger partial charge in [-0.2, -0.15) is 0 Å². The maximum atomic E-state index is 8.95. The molecule has 2 nitrogen and oxygen atoms in total. The maximum Gasteiger partial charge on any atom is 0.184 e. The fourth-order valence-corrected chi connectivity index (χ4v) is 3.03. The van der Waals surface area contributed by atoms with Crippen LogP contribution in [0.1, 0.15) is 46.0 Å². The van der Waals surface area contributed by atoms with Gasteiger partial charge < -0.3 is 9.53 Å². The van der Waals surface area contributed by atoms with E-state index in [9.17, 15) is 0 Å². The van der Waals surface area contributed by atoms with E-state index in [4.69, 9.17) is 9.53 Å². The minimum Gasteiger partial charge on any atom is -0.415 e. The van der Waals surface area contributed by atoms with Crippen LogP contribution >= 0.6 is 0 Å². The fourth-order valence-electron chi connectivity index (χ4n) is 1.70. The van der Waals surface area contributed by atoms with Gasteiger partial charge in [0, 0.05) is 12.5 Å². The van der Waals surface area contributed by atoms with E-state index in [-0.39, 0.29) is 0 Å². The monoisotopic (exact) mass is 256 g/mol. The zero-order valence-electron chi connectivity index (χ0n) is 12.0. The van der Waals surface area contributed by atoms with Gasteiger partial charge in [0.1, 0.15) is 6.10 Å². The molecule has 0 aromatic carbocycles. The minimum absolute atomic E-state index is 0.394. The predicted octanol–water partition coefficient (Wildman–Crippen LogP) is 3.56. The lowest BCUT2D eigenvalue weighted by molar-refractivity contribution is 0.199. The van der Waals surface area contributed by atoms with E-state index in [1.54, 1.807) is 6.92 Å². The number of unbranched alkanes of at least 4 members (excludes halogenated alkanes) is 3. The van der Waals surface area contributed by atoms with Gasteiger partial charge in [-0.1, -0.05) is 18.8 Å². The van der Waals surface area contributed by atoms with Crippen LogP contribution < -0.4 is 0 Å². The molecule has 0 heterocycles. The van der Waals surface area contributed by atoms with E-state index in [0.717, 1.165) is 19.3 Å². The Labute approximate surface area is 108 Å². The van der Waals surface area contributed by atoms with Crippen molar-refractivity contribution in [1.82, 2.24) is 0 Å². The lowest BCUT2D eigenvalue weighted by atomic mass is 10.1. The summed E-state index contributed by atoms with van der Waals surface area (Å²) in [7, 11) is -1.36. The number of aliphatic hydroxyl groups is 1. The standard InChI is InChI=1S/C14H28O2Si/c1-13(15)11-9-7-6-8-10-12-14(2)16-17(3,4)5/h13-15H,6-8,10,12H2,1-5H3. The highest BCUT2D eigenvalue weighted by molar-refractivity contribution is 6.69. The zero-order valence-corrected chi connectivity index (χ0v) is 13.0. The Kier molecular flexibility index (Phi) is 8.58. The highest BCUT2D eigenvalue weighted by Gasteiger charge is 2.17. The highest BCUT2D eigenvalue weighted by atomic mass is 28.4. The molecule has 0 amide bonds. The summed E-state index contributed by atoms with van der Waals surface area (Å²) in [6.07, 6.45) is 5.49. The van der Waals surface area contributed by atoms with Crippen molar-refractivity contribution in [3.63, 3.8) is 0 Å². The number of hydrogen-bond acceptors (Lipinski definition) is 2. The van der Waals surface area contributed by atoms with Gasteiger partial charge in [0.15, 0.2) is 8.32 Å². The van der Waals surface area contributed by atoms with Gasteiger partial charge in [0.2, 0.25) is 0 Å². The van der Waals surface area contributed by atoms with Gasteiger partial charge >= 0.3 is 0 Å². The van der Waals surface area contributed by atoms with Crippen LogP contribution in [-0.4, -0.2) is 25.6 Å². The zero-order chi connectivity index (χ0) is 13.3. The second-order valence-corrected chi connectivity index (χ2v) is 10.1. The van der Waals surface area contributed by atoms with E-state index < -0.39 is 14.4 Å². The summed E-state index contributed by atoms with van der Waals surface area (Å²) >= 11 is 0. The van der Waals surface area contributed by atoms with Gasteiger partial charge in [-0.15, -0.1) is 5.92 Å². The Morgan fingerprint density at radius 1 is 1.12 bits per heavy atom. The van der Waals surface area contributed by atoms with Crippen molar-refractivity contribution >= 4 is 8.32 Å². The normalized spacial score (nSPS) is 14.9. The summed E-state index contributed by atoms with van der Waals surface area (Å²) < 4.78 is 5.97. The number of hydrogen-bond donors (Lipinski definition) is 1. The average molecular weight is 256 g/mol. The molecule has 0 bridgehead atoms.